The molecule has 0 radical (unpaired) electrons. The van der Waals surface area contributed by atoms with Crippen LogP contribution in [0.25, 0.3) is 11.2 Å². The molecule has 0 aliphatic heterocycles. The first-order valence-electron chi connectivity index (χ1n) is 10.0. The zero-order chi connectivity index (χ0) is 21.8. The number of ether oxygens (including phenoxy) is 1. The number of anilines is 1. The summed E-state index contributed by atoms with van der Waals surface area (Å²) < 4.78 is 9.72. The van der Waals surface area contributed by atoms with Gasteiger partial charge in [0.1, 0.15) is 5.75 Å². The van der Waals surface area contributed by atoms with Crippen molar-refractivity contribution in [3.63, 3.8) is 0 Å². The molecule has 0 fully saturated rings. The number of imidazole rings is 1. The summed E-state index contributed by atoms with van der Waals surface area (Å²) in [6.07, 6.45) is 2.52. The lowest BCUT2D eigenvalue weighted by molar-refractivity contribution is 0.340. The molecule has 160 valence electrons. The first-order chi connectivity index (χ1) is 14.3. The van der Waals surface area contributed by atoms with E-state index in [0.29, 0.717) is 36.2 Å². The minimum absolute atomic E-state index is 0.339. The predicted octanol–water partition coefficient (Wildman–Crippen LogP) is 2.32. The molecule has 2 aromatic heterocycles. The van der Waals surface area contributed by atoms with Crippen LogP contribution < -0.4 is 21.4 Å². The lowest BCUT2D eigenvalue weighted by Crippen LogP contribution is -2.37. The maximum Gasteiger partial charge on any atom is 0.332 e. The number of benzene rings is 1. The van der Waals surface area contributed by atoms with E-state index in [1.165, 1.54) is 11.6 Å². The third-order valence-electron chi connectivity index (χ3n) is 4.85. The number of hydrogen-bond acceptors (Lipinski definition) is 6. The van der Waals surface area contributed by atoms with E-state index in [2.05, 4.69) is 29.4 Å². The molecule has 0 bridgehead atoms. The third kappa shape index (κ3) is 4.29. The topological polar surface area (TPSA) is 95.4 Å². The van der Waals surface area contributed by atoms with Crippen LogP contribution in [0.5, 0.6) is 5.75 Å². The van der Waals surface area contributed by atoms with Crippen LogP contribution in [0.3, 0.4) is 0 Å². The van der Waals surface area contributed by atoms with Crippen molar-refractivity contribution in [1.82, 2.24) is 18.7 Å². The van der Waals surface area contributed by atoms with Gasteiger partial charge in [-0.25, -0.2) is 10.2 Å². The van der Waals surface area contributed by atoms with Crippen molar-refractivity contribution in [2.24, 2.45) is 25.1 Å². The fourth-order valence-electron chi connectivity index (χ4n) is 3.12. The lowest BCUT2D eigenvalue weighted by Gasteiger charge is -2.10. The SMILES string of the molecule is CCOc1ccc(/C=N/Nc2nc3c(c(=O)n(C)c(=O)n3C)n2CCC(C)C)cc1. The second-order valence-electron chi connectivity index (χ2n) is 7.52. The summed E-state index contributed by atoms with van der Waals surface area (Å²) >= 11 is 0. The van der Waals surface area contributed by atoms with Gasteiger partial charge in [-0.15, -0.1) is 0 Å². The molecule has 1 aromatic carbocycles. The quantitative estimate of drug-likeness (QED) is 0.453. The minimum Gasteiger partial charge on any atom is -0.494 e. The summed E-state index contributed by atoms with van der Waals surface area (Å²) in [5, 5.41) is 4.28. The summed E-state index contributed by atoms with van der Waals surface area (Å²) in [6, 6.07) is 7.55. The van der Waals surface area contributed by atoms with Gasteiger partial charge >= 0.3 is 5.69 Å². The van der Waals surface area contributed by atoms with E-state index in [1.54, 1.807) is 17.8 Å². The van der Waals surface area contributed by atoms with E-state index in [9.17, 15) is 9.59 Å². The van der Waals surface area contributed by atoms with E-state index in [-0.39, 0.29) is 5.56 Å². The molecule has 0 aliphatic rings. The number of nitrogens with one attached hydrogen (secondary N) is 1. The molecule has 0 saturated carbocycles. The average molecular weight is 412 g/mol. The van der Waals surface area contributed by atoms with Gasteiger partial charge in [0.2, 0.25) is 5.95 Å². The van der Waals surface area contributed by atoms with Gasteiger partial charge in [-0.2, -0.15) is 10.1 Å². The summed E-state index contributed by atoms with van der Waals surface area (Å²) in [5.74, 6) is 1.67. The minimum atomic E-state index is -0.412. The highest BCUT2D eigenvalue weighted by molar-refractivity contribution is 5.80. The molecule has 0 atom stereocenters. The Labute approximate surface area is 174 Å². The molecule has 0 aliphatic carbocycles. The largest absolute Gasteiger partial charge is 0.494 e. The summed E-state index contributed by atoms with van der Waals surface area (Å²) in [4.78, 5) is 29.5. The van der Waals surface area contributed by atoms with E-state index in [4.69, 9.17) is 4.74 Å². The monoisotopic (exact) mass is 412 g/mol. The Morgan fingerprint density at radius 1 is 1.17 bits per heavy atom. The Morgan fingerprint density at radius 2 is 1.87 bits per heavy atom. The number of rotatable bonds is 8. The molecule has 9 heteroatoms. The van der Waals surface area contributed by atoms with Gasteiger partial charge in [0.25, 0.3) is 5.56 Å². The average Bonchev–Trinajstić information content (AvgIpc) is 3.09. The van der Waals surface area contributed by atoms with Gasteiger partial charge in [0.05, 0.1) is 12.8 Å². The van der Waals surface area contributed by atoms with Crippen LogP contribution in [-0.4, -0.2) is 31.5 Å². The molecule has 2 heterocycles. The molecule has 1 N–H and O–H groups in total. The van der Waals surface area contributed by atoms with Crippen LogP contribution in [0.4, 0.5) is 5.95 Å². The van der Waals surface area contributed by atoms with Crippen molar-refractivity contribution < 1.29 is 4.74 Å². The molecule has 3 aromatic rings. The number of nitrogens with zero attached hydrogens (tertiary/aromatic N) is 5. The summed E-state index contributed by atoms with van der Waals surface area (Å²) in [7, 11) is 3.08. The molecule has 0 saturated heterocycles. The molecule has 0 amide bonds. The zero-order valence-electron chi connectivity index (χ0n) is 18.0. The van der Waals surface area contributed by atoms with Crippen molar-refractivity contribution in [1.29, 1.82) is 0 Å². The second kappa shape index (κ2) is 8.98. The van der Waals surface area contributed by atoms with Crippen molar-refractivity contribution in [2.45, 2.75) is 33.7 Å². The van der Waals surface area contributed by atoms with Crippen LogP contribution >= 0.6 is 0 Å². The fraction of sp³-hybridized carbons (Fsp3) is 0.429. The molecule has 0 unspecified atom stereocenters. The van der Waals surface area contributed by atoms with Crippen molar-refractivity contribution in [3.05, 3.63) is 50.7 Å². The highest BCUT2D eigenvalue weighted by atomic mass is 16.5. The van der Waals surface area contributed by atoms with E-state index < -0.39 is 5.69 Å². The Balaban J connectivity index is 1.96. The standard InChI is InChI=1S/C21H28N6O3/c1-6-30-16-9-7-15(8-10-16)13-22-24-20-23-18-17(27(20)12-11-14(2)3)19(28)26(5)21(29)25(18)4/h7-10,13-14H,6,11-12H2,1-5H3,(H,23,24)/b22-13+. The number of fused-ring (bicyclic) bond motifs is 1. The van der Waals surface area contributed by atoms with Gasteiger partial charge in [-0.05, 0) is 49.1 Å². The third-order valence-corrected chi connectivity index (χ3v) is 4.85. The van der Waals surface area contributed by atoms with E-state index in [0.717, 1.165) is 22.3 Å². The van der Waals surface area contributed by atoms with Crippen LogP contribution in [0.15, 0.2) is 39.0 Å². The van der Waals surface area contributed by atoms with Crippen molar-refractivity contribution in [2.75, 3.05) is 12.0 Å². The van der Waals surface area contributed by atoms with Gasteiger partial charge in [-0.3, -0.25) is 13.9 Å². The van der Waals surface area contributed by atoms with Crippen LogP contribution in [0.1, 0.15) is 32.8 Å². The summed E-state index contributed by atoms with van der Waals surface area (Å²) in [6.45, 7) is 7.37. The Hall–Kier alpha value is -3.36. The molecule has 0 spiro atoms. The lowest BCUT2D eigenvalue weighted by atomic mass is 10.1. The van der Waals surface area contributed by atoms with Gasteiger partial charge < -0.3 is 9.30 Å². The van der Waals surface area contributed by atoms with Crippen LogP contribution in [0.2, 0.25) is 0 Å². The highest BCUT2D eigenvalue weighted by Gasteiger charge is 2.19. The van der Waals surface area contributed by atoms with Gasteiger partial charge in [-0.1, -0.05) is 13.8 Å². The number of aryl methyl sites for hydroxylation is 2. The van der Waals surface area contributed by atoms with Crippen molar-refractivity contribution in [3.8, 4) is 5.75 Å². The Kier molecular flexibility index (Phi) is 6.39. The summed E-state index contributed by atoms with van der Waals surface area (Å²) in [5.41, 5.74) is 3.77. The zero-order valence-corrected chi connectivity index (χ0v) is 18.0. The molecule has 9 nitrogen and oxygen atoms in total. The maximum absolute atomic E-state index is 12.8. The van der Waals surface area contributed by atoms with Gasteiger partial charge in [0, 0.05) is 20.6 Å². The first kappa shape index (κ1) is 21.4. The van der Waals surface area contributed by atoms with Crippen LogP contribution in [0, 0.1) is 5.92 Å². The maximum atomic E-state index is 12.8. The predicted molar refractivity (Wildman–Crippen MR) is 118 cm³/mol. The number of hydrogen-bond donors (Lipinski definition) is 1. The Morgan fingerprint density at radius 3 is 2.50 bits per heavy atom. The molecular formula is C21H28N6O3. The Bertz CT molecular complexity index is 1170. The van der Waals surface area contributed by atoms with E-state index >= 15 is 0 Å². The van der Waals surface area contributed by atoms with E-state index in [1.807, 2.05) is 31.2 Å². The van der Waals surface area contributed by atoms with Crippen molar-refractivity contribution >= 4 is 23.3 Å². The number of aromatic nitrogens is 4. The highest BCUT2D eigenvalue weighted by Crippen LogP contribution is 2.18. The number of hydrazone groups is 1. The molecule has 30 heavy (non-hydrogen) atoms. The fourth-order valence-corrected chi connectivity index (χ4v) is 3.12. The van der Waals surface area contributed by atoms with Gasteiger partial charge in [0.15, 0.2) is 11.2 Å². The normalized spacial score (nSPS) is 11.7. The first-order valence-corrected chi connectivity index (χ1v) is 10.0. The molecular weight excluding hydrogens is 384 g/mol. The van der Waals surface area contributed by atoms with Crippen LogP contribution in [-0.2, 0) is 20.6 Å². The molecule has 3 rings (SSSR count). The second-order valence-corrected chi connectivity index (χ2v) is 7.52. The smallest absolute Gasteiger partial charge is 0.332 e.